The zero-order valence-electron chi connectivity index (χ0n) is 25.8. The maximum absolute atomic E-state index is 13.6. The molecule has 10 heteroatoms. The number of esters is 1. The summed E-state index contributed by atoms with van der Waals surface area (Å²) in [7, 11) is 4.38. The Hall–Kier alpha value is -3.50. The first kappa shape index (κ1) is 32.4. The molecule has 1 heterocycles. The minimum absolute atomic E-state index is 0.160. The van der Waals surface area contributed by atoms with E-state index < -0.39 is 11.2 Å². The molecule has 0 fully saturated rings. The van der Waals surface area contributed by atoms with Crippen molar-refractivity contribution in [2.24, 2.45) is 11.3 Å². The summed E-state index contributed by atoms with van der Waals surface area (Å²) in [5.41, 5.74) is 2.52. The lowest BCUT2D eigenvalue weighted by Crippen LogP contribution is -2.27. The lowest BCUT2D eigenvalue weighted by Gasteiger charge is -2.33. The summed E-state index contributed by atoms with van der Waals surface area (Å²) in [6, 6.07) is 12.5. The van der Waals surface area contributed by atoms with Crippen LogP contribution in [0.3, 0.4) is 0 Å². The summed E-state index contributed by atoms with van der Waals surface area (Å²) >= 11 is 2.89. The largest absolute Gasteiger partial charge is 0.496 e. The molecule has 0 saturated heterocycles. The first-order valence-electron chi connectivity index (χ1n) is 14.3. The molecule has 2 unspecified atom stereocenters. The van der Waals surface area contributed by atoms with E-state index in [1.807, 2.05) is 25.1 Å². The smallest absolute Gasteiger partial charge is 0.341 e. The molecule has 8 nitrogen and oxygen atoms in total. The van der Waals surface area contributed by atoms with Crippen LogP contribution < -0.4 is 20.1 Å². The van der Waals surface area contributed by atoms with Crippen LogP contribution in [0.1, 0.15) is 71.7 Å². The van der Waals surface area contributed by atoms with Gasteiger partial charge in [-0.3, -0.25) is 9.59 Å². The molecule has 1 aromatic heterocycles. The molecule has 230 valence electrons. The summed E-state index contributed by atoms with van der Waals surface area (Å²) in [5, 5.41) is 6.11. The normalized spacial score (nSPS) is 15.2. The molecule has 2 amide bonds. The van der Waals surface area contributed by atoms with Gasteiger partial charge in [-0.15, -0.1) is 23.1 Å². The fourth-order valence-electron chi connectivity index (χ4n) is 5.33. The van der Waals surface area contributed by atoms with E-state index >= 15 is 0 Å². The van der Waals surface area contributed by atoms with Crippen molar-refractivity contribution in [3.05, 3.63) is 64.0 Å². The maximum Gasteiger partial charge on any atom is 0.341 e. The monoisotopic (exact) mass is 624 g/mol. The van der Waals surface area contributed by atoms with Crippen molar-refractivity contribution >= 4 is 51.6 Å². The van der Waals surface area contributed by atoms with Crippen molar-refractivity contribution in [2.45, 2.75) is 63.5 Å². The molecule has 2 aromatic carbocycles. The van der Waals surface area contributed by atoms with Gasteiger partial charge in [0.05, 0.1) is 32.1 Å². The van der Waals surface area contributed by atoms with Gasteiger partial charge in [0.15, 0.2) is 0 Å². The van der Waals surface area contributed by atoms with Crippen molar-refractivity contribution < 1.29 is 28.6 Å². The van der Waals surface area contributed by atoms with Crippen LogP contribution in [0.25, 0.3) is 0 Å². The van der Waals surface area contributed by atoms with Gasteiger partial charge < -0.3 is 24.8 Å². The number of benzene rings is 2. The van der Waals surface area contributed by atoms with E-state index in [4.69, 9.17) is 14.2 Å². The Kier molecular flexibility index (Phi) is 10.4. The lowest BCUT2D eigenvalue weighted by atomic mass is 9.72. The summed E-state index contributed by atoms with van der Waals surface area (Å²) in [4.78, 5) is 41.5. The highest BCUT2D eigenvalue weighted by Gasteiger charge is 2.35. The van der Waals surface area contributed by atoms with Crippen LogP contribution in [0.15, 0.2) is 47.4 Å². The van der Waals surface area contributed by atoms with Crippen LogP contribution in [-0.4, -0.2) is 44.4 Å². The number of fused-ring (bicyclic) bond motifs is 1. The quantitative estimate of drug-likeness (QED) is 0.178. The Labute approximate surface area is 261 Å². The highest BCUT2D eigenvalue weighted by Crippen LogP contribution is 2.45. The van der Waals surface area contributed by atoms with Crippen molar-refractivity contribution in [3.8, 4) is 11.5 Å². The molecule has 2 atom stereocenters. The van der Waals surface area contributed by atoms with E-state index in [0.29, 0.717) is 45.7 Å². The highest BCUT2D eigenvalue weighted by molar-refractivity contribution is 8.00. The van der Waals surface area contributed by atoms with Crippen LogP contribution in [0.4, 0.5) is 10.7 Å². The SMILES string of the molecule is CCC(Sc1cccc(NC(=O)c2c(OC)cccc2OC)c1)C(=O)Nc1sc2c(c1C(=O)OC)CCC(C(C)(C)C)C2. The number of rotatable bonds is 10. The molecule has 0 bridgehead atoms. The predicted molar refractivity (Wildman–Crippen MR) is 173 cm³/mol. The number of anilines is 2. The molecule has 2 N–H and O–H groups in total. The number of thiophene rings is 1. The van der Waals surface area contributed by atoms with E-state index in [0.717, 1.165) is 34.6 Å². The summed E-state index contributed by atoms with van der Waals surface area (Å²) in [6.07, 6.45) is 3.23. The minimum atomic E-state index is -0.424. The van der Waals surface area contributed by atoms with Gasteiger partial charge in [-0.05, 0) is 72.9 Å². The van der Waals surface area contributed by atoms with E-state index in [2.05, 4.69) is 31.4 Å². The molecular formula is C33H40N2O6S2. The van der Waals surface area contributed by atoms with Gasteiger partial charge >= 0.3 is 5.97 Å². The lowest BCUT2D eigenvalue weighted by molar-refractivity contribution is -0.115. The second kappa shape index (κ2) is 13.9. The predicted octanol–water partition coefficient (Wildman–Crippen LogP) is 7.46. The third kappa shape index (κ3) is 7.36. The standard InChI is InChI=1S/C33H40N2O6S2/c1-8-25(29(36)35-31-27(32(38)41-7)22-16-15-19(33(2,3)4)17-26(22)43-31)42-21-12-9-11-20(18-21)34-30(37)28-23(39-5)13-10-14-24(28)40-6/h9-14,18-19,25H,8,15-17H2,1-7H3,(H,34,37)(H,35,36). The van der Waals surface area contributed by atoms with Crippen LogP contribution in [0.2, 0.25) is 0 Å². The number of hydrogen-bond donors (Lipinski definition) is 2. The molecule has 43 heavy (non-hydrogen) atoms. The summed E-state index contributed by atoms with van der Waals surface area (Å²) < 4.78 is 15.9. The Morgan fingerprint density at radius 1 is 1.00 bits per heavy atom. The Morgan fingerprint density at radius 3 is 2.28 bits per heavy atom. The number of hydrogen-bond acceptors (Lipinski definition) is 8. The number of ether oxygens (including phenoxy) is 3. The van der Waals surface area contributed by atoms with E-state index in [9.17, 15) is 14.4 Å². The average molecular weight is 625 g/mol. The molecule has 0 spiro atoms. The Balaban J connectivity index is 1.51. The topological polar surface area (TPSA) is 103 Å². The van der Waals surface area contributed by atoms with Crippen molar-refractivity contribution in [3.63, 3.8) is 0 Å². The van der Waals surface area contributed by atoms with Crippen LogP contribution in [0.5, 0.6) is 11.5 Å². The van der Waals surface area contributed by atoms with Gasteiger partial charge in [0.1, 0.15) is 22.1 Å². The number of nitrogens with one attached hydrogen (secondary N) is 2. The number of carbonyl (C=O) groups is 3. The zero-order valence-corrected chi connectivity index (χ0v) is 27.4. The Bertz CT molecular complexity index is 1470. The van der Waals surface area contributed by atoms with Gasteiger partial charge in [0.25, 0.3) is 5.91 Å². The average Bonchev–Trinajstić information content (AvgIpc) is 3.35. The fourth-order valence-corrected chi connectivity index (χ4v) is 7.66. The molecule has 0 saturated carbocycles. The van der Waals surface area contributed by atoms with Gasteiger partial charge in [-0.25, -0.2) is 4.79 Å². The van der Waals surface area contributed by atoms with E-state index in [1.165, 1.54) is 44.4 Å². The van der Waals surface area contributed by atoms with E-state index in [1.54, 1.807) is 24.3 Å². The molecule has 4 rings (SSSR count). The number of methoxy groups -OCH3 is 3. The highest BCUT2D eigenvalue weighted by atomic mass is 32.2. The first-order chi connectivity index (χ1) is 20.5. The molecule has 3 aromatic rings. The maximum atomic E-state index is 13.6. The number of amides is 2. The molecular weight excluding hydrogens is 585 g/mol. The second-order valence-corrected chi connectivity index (χ2v) is 13.9. The van der Waals surface area contributed by atoms with Crippen molar-refractivity contribution in [1.29, 1.82) is 0 Å². The third-order valence-electron chi connectivity index (χ3n) is 7.80. The van der Waals surface area contributed by atoms with Crippen LogP contribution in [0, 0.1) is 11.3 Å². The van der Waals surface area contributed by atoms with Gasteiger partial charge in [0.2, 0.25) is 5.91 Å². The third-order valence-corrected chi connectivity index (χ3v) is 10.3. The number of carbonyl (C=O) groups excluding carboxylic acids is 3. The van der Waals surface area contributed by atoms with Crippen LogP contribution >= 0.6 is 23.1 Å². The molecule has 1 aliphatic rings. The van der Waals surface area contributed by atoms with Gasteiger partial charge in [0, 0.05) is 15.5 Å². The van der Waals surface area contributed by atoms with Crippen molar-refractivity contribution in [2.75, 3.05) is 32.0 Å². The molecule has 1 aliphatic carbocycles. The summed E-state index contributed by atoms with van der Waals surface area (Å²) in [5.74, 6) is 0.339. The first-order valence-corrected chi connectivity index (χ1v) is 16.0. The van der Waals surface area contributed by atoms with E-state index in [-0.39, 0.29) is 17.2 Å². The fraction of sp³-hybridized carbons (Fsp3) is 0.424. The molecule has 0 radical (unpaired) electrons. The van der Waals surface area contributed by atoms with Gasteiger partial charge in [-0.2, -0.15) is 0 Å². The zero-order chi connectivity index (χ0) is 31.3. The second-order valence-electron chi connectivity index (χ2n) is 11.5. The minimum Gasteiger partial charge on any atom is -0.496 e. The molecule has 0 aliphatic heterocycles. The Morgan fingerprint density at radius 2 is 1.67 bits per heavy atom. The summed E-state index contributed by atoms with van der Waals surface area (Å²) in [6.45, 7) is 8.70. The van der Waals surface area contributed by atoms with Crippen molar-refractivity contribution in [1.82, 2.24) is 0 Å². The van der Waals surface area contributed by atoms with Crippen LogP contribution in [-0.2, 0) is 22.4 Å². The van der Waals surface area contributed by atoms with Gasteiger partial charge in [-0.1, -0.05) is 39.8 Å². The number of thioether (sulfide) groups is 1.